The molecule has 0 aliphatic carbocycles. The molecule has 0 spiro atoms. The lowest BCUT2D eigenvalue weighted by Crippen LogP contribution is -2.28. The van der Waals surface area contributed by atoms with Crippen LogP contribution >= 0.6 is 0 Å². The molecule has 1 atom stereocenters. The van der Waals surface area contributed by atoms with E-state index in [2.05, 4.69) is 52.9 Å². The Morgan fingerprint density at radius 2 is 1.94 bits per heavy atom. The van der Waals surface area contributed by atoms with Crippen LogP contribution in [0.2, 0.25) is 0 Å². The number of fused-ring (bicyclic) bond motifs is 2. The summed E-state index contributed by atoms with van der Waals surface area (Å²) in [4.78, 5) is 4.53. The molecule has 2 aromatic carbocycles. The molecule has 0 saturated heterocycles. The molecule has 1 N–H and O–H groups in total. The SMILES string of the molecule is COc1cnc2c(c1)c(/C=C/[C@@H]1NCCc3cc(OCc4ccccc4)c(OC)cc31)cn2C. The maximum Gasteiger partial charge on any atom is 0.161 e. The maximum atomic E-state index is 6.13. The molecule has 4 aromatic rings. The number of nitrogens with zero attached hydrogens (tertiary/aromatic N) is 2. The third-order valence-electron chi connectivity index (χ3n) is 6.28. The van der Waals surface area contributed by atoms with Crippen molar-refractivity contribution >= 4 is 17.1 Å². The van der Waals surface area contributed by atoms with Crippen molar-refractivity contribution < 1.29 is 14.2 Å². The van der Waals surface area contributed by atoms with Crippen molar-refractivity contribution in [2.24, 2.45) is 7.05 Å². The zero-order valence-corrected chi connectivity index (χ0v) is 19.7. The first kappa shape index (κ1) is 22.0. The van der Waals surface area contributed by atoms with E-state index in [0.29, 0.717) is 6.61 Å². The minimum Gasteiger partial charge on any atom is -0.495 e. The normalized spacial score (nSPS) is 15.4. The van der Waals surface area contributed by atoms with Gasteiger partial charge < -0.3 is 24.1 Å². The fraction of sp³-hybridized carbons (Fsp3) is 0.250. The first-order valence-corrected chi connectivity index (χ1v) is 11.4. The number of aryl methyl sites for hydroxylation is 1. The van der Waals surface area contributed by atoms with Crippen molar-refractivity contribution in [1.29, 1.82) is 0 Å². The summed E-state index contributed by atoms with van der Waals surface area (Å²) in [7, 11) is 5.36. The van der Waals surface area contributed by atoms with E-state index in [9.17, 15) is 0 Å². The van der Waals surface area contributed by atoms with Crippen molar-refractivity contribution in [3.05, 3.63) is 89.3 Å². The molecule has 3 heterocycles. The summed E-state index contributed by atoms with van der Waals surface area (Å²) in [5.41, 5.74) is 5.65. The van der Waals surface area contributed by atoms with Crippen LogP contribution < -0.4 is 19.5 Å². The standard InChI is InChI=1S/C28H29N3O3/c1-31-17-21(24-14-22(32-2)16-30-28(24)31)9-10-25-23-15-26(33-3)27(13-20(23)11-12-29-25)34-18-19-7-5-4-6-8-19/h4-10,13-17,25,29H,11-12,18H2,1-3H3/b10-9+/t25-/m0/s1. The predicted octanol–water partition coefficient (Wildman–Crippen LogP) is 5.07. The third kappa shape index (κ3) is 4.37. The molecular weight excluding hydrogens is 426 g/mol. The van der Waals surface area contributed by atoms with Crippen LogP contribution in [0.3, 0.4) is 0 Å². The highest BCUT2D eigenvalue weighted by Gasteiger charge is 2.21. The zero-order chi connectivity index (χ0) is 23.5. The Labute approximate surface area is 199 Å². The first-order chi connectivity index (χ1) is 16.7. The highest BCUT2D eigenvalue weighted by Crippen LogP contribution is 2.36. The van der Waals surface area contributed by atoms with E-state index in [4.69, 9.17) is 14.2 Å². The van der Waals surface area contributed by atoms with Gasteiger partial charge in [0.1, 0.15) is 18.0 Å². The second-order valence-corrected chi connectivity index (χ2v) is 8.46. The summed E-state index contributed by atoms with van der Waals surface area (Å²) >= 11 is 0. The van der Waals surface area contributed by atoms with Gasteiger partial charge in [-0.25, -0.2) is 4.98 Å². The van der Waals surface area contributed by atoms with E-state index in [-0.39, 0.29) is 6.04 Å². The number of aromatic nitrogens is 2. The Kier molecular flexibility index (Phi) is 6.23. The number of methoxy groups -OCH3 is 2. The van der Waals surface area contributed by atoms with E-state index in [1.54, 1.807) is 20.4 Å². The molecule has 0 amide bonds. The van der Waals surface area contributed by atoms with Crippen molar-refractivity contribution in [1.82, 2.24) is 14.9 Å². The monoisotopic (exact) mass is 455 g/mol. The van der Waals surface area contributed by atoms with Crippen LogP contribution in [0.15, 0.2) is 67.0 Å². The van der Waals surface area contributed by atoms with E-state index in [1.165, 1.54) is 11.1 Å². The van der Waals surface area contributed by atoms with Gasteiger partial charge >= 0.3 is 0 Å². The van der Waals surface area contributed by atoms with E-state index in [0.717, 1.165) is 52.4 Å². The number of nitrogens with one attached hydrogen (secondary N) is 1. The summed E-state index contributed by atoms with van der Waals surface area (Å²) in [6.07, 6.45) is 9.15. The van der Waals surface area contributed by atoms with Crippen LogP contribution in [0.4, 0.5) is 0 Å². The number of ether oxygens (including phenoxy) is 3. The molecule has 6 nitrogen and oxygen atoms in total. The Hall–Kier alpha value is -3.77. The minimum absolute atomic E-state index is 0.0784. The molecule has 0 unspecified atom stereocenters. The molecule has 34 heavy (non-hydrogen) atoms. The number of hydrogen-bond acceptors (Lipinski definition) is 5. The van der Waals surface area contributed by atoms with Crippen LogP contribution in [-0.2, 0) is 20.1 Å². The minimum atomic E-state index is 0.0784. The summed E-state index contributed by atoms with van der Waals surface area (Å²) in [5.74, 6) is 2.28. The van der Waals surface area contributed by atoms with Crippen LogP contribution in [0, 0.1) is 0 Å². The van der Waals surface area contributed by atoms with Crippen LogP contribution in [0.1, 0.15) is 28.3 Å². The highest BCUT2D eigenvalue weighted by molar-refractivity contribution is 5.87. The molecule has 5 rings (SSSR count). The van der Waals surface area contributed by atoms with Gasteiger partial charge in [0.05, 0.1) is 26.5 Å². The van der Waals surface area contributed by atoms with Crippen LogP contribution in [0.25, 0.3) is 17.1 Å². The second kappa shape index (κ2) is 9.61. The Balaban J connectivity index is 1.42. The molecule has 1 aliphatic heterocycles. The molecule has 2 aromatic heterocycles. The summed E-state index contributed by atoms with van der Waals surface area (Å²) in [5, 5.41) is 4.69. The van der Waals surface area contributed by atoms with Crippen LogP contribution in [0.5, 0.6) is 17.2 Å². The Morgan fingerprint density at radius 3 is 2.74 bits per heavy atom. The average molecular weight is 456 g/mol. The van der Waals surface area contributed by atoms with E-state index < -0.39 is 0 Å². The van der Waals surface area contributed by atoms with Gasteiger partial charge in [-0.3, -0.25) is 0 Å². The highest BCUT2D eigenvalue weighted by atomic mass is 16.5. The van der Waals surface area contributed by atoms with E-state index in [1.807, 2.05) is 35.9 Å². The molecular formula is C28H29N3O3. The number of rotatable bonds is 7. The largest absolute Gasteiger partial charge is 0.495 e. The van der Waals surface area contributed by atoms with Gasteiger partial charge in [0.2, 0.25) is 0 Å². The maximum absolute atomic E-state index is 6.13. The molecule has 1 aliphatic rings. The van der Waals surface area contributed by atoms with Gasteiger partial charge in [-0.15, -0.1) is 0 Å². The van der Waals surface area contributed by atoms with Crippen molar-refractivity contribution in [3.63, 3.8) is 0 Å². The van der Waals surface area contributed by atoms with Gasteiger partial charge in [0.15, 0.2) is 11.5 Å². The second-order valence-electron chi connectivity index (χ2n) is 8.46. The van der Waals surface area contributed by atoms with Crippen molar-refractivity contribution in [2.75, 3.05) is 20.8 Å². The predicted molar refractivity (Wildman–Crippen MR) is 135 cm³/mol. The topological polar surface area (TPSA) is 57.5 Å². The summed E-state index contributed by atoms with van der Waals surface area (Å²) in [6.45, 7) is 1.41. The van der Waals surface area contributed by atoms with Gasteiger partial charge in [-0.2, -0.15) is 0 Å². The lowest BCUT2D eigenvalue weighted by Gasteiger charge is -2.26. The van der Waals surface area contributed by atoms with Gasteiger partial charge in [-0.1, -0.05) is 42.5 Å². The fourth-order valence-electron chi connectivity index (χ4n) is 4.49. The smallest absolute Gasteiger partial charge is 0.161 e. The lowest BCUT2D eigenvalue weighted by atomic mass is 9.93. The molecule has 0 bridgehead atoms. The number of hydrogen-bond donors (Lipinski definition) is 1. The Bertz CT molecular complexity index is 1330. The van der Waals surface area contributed by atoms with Crippen molar-refractivity contribution in [2.45, 2.75) is 19.1 Å². The fourth-order valence-corrected chi connectivity index (χ4v) is 4.49. The van der Waals surface area contributed by atoms with Crippen LogP contribution in [-0.4, -0.2) is 30.3 Å². The summed E-state index contributed by atoms with van der Waals surface area (Å²) < 4.78 is 19.2. The molecule has 6 heteroatoms. The molecule has 0 saturated carbocycles. The first-order valence-electron chi connectivity index (χ1n) is 11.4. The number of benzene rings is 2. The lowest BCUT2D eigenvalue weighted by molar-refractivity contribution is 0.283. The van der Waals surface area contributed by atoms with Gasteiger partial charge in [0, 0.05) is 30.7 Å². The van der Waals surface area contributed by atoms with E-state index >= 15 is 0 Å². The third-order valence-corrected chi connectivity index (χ3v) is 6.28. The molecule has 174 valence electrons. The average Bonchev–Trinajstić information content (AvgIpc) is 3.20. The Morgan fingerprint density at radius 1 is 1.09 bits per heavy atom. The van der Waals surface area contributed by atoms with Crippen molar-refractivity contribution in [3.8, 4) is 17.2 Å². The molecule has 0 fully saturated rings. The quantitative estimate of drug-likeness (QED) is 0.422. The van der Waals surface area contributed by atoms with Gasteiger partial charge in [-0.05, 0) is 41.3 Å². The zero-order valence-electron chi connectivity index (χ0n) is 19.7. The summed E-state index contributed by atoms with van der Waals surface area (Å²) in [6, 6.07) is 16.5. The molecule has 0 radical (unpaired) electrons. The number of pyridine rings is 1. The van der Waals surface area contributed by atoms with Gasteiger partial charge in [0.25, 0.3) is 0 Å².